The van der Waals surface area contributed by atoms with E-state index in [4.69, 9.17) is 0 Å². The maximum atomic E-state index is 11.1. The number of nitrogens with zero attached hydrogens (tertiary/aromatic N) is 1. The molecule has 0 saturated heterocycles. The molecule has 0 aromatic heterocycles. The zero-order valence-corrected chi connectivity index (χ0v) is 12.1. The number of esters is 1. The fraction of sp³-hybridized carbons (Fsp3) is 0.357. The molecule has 0 atom stereocenters. The minimum Gasteiger partial charge on any atom is -0.466 e. The zero-order chi connectivity index (χ0) is 16.0. The molecule has 0 aliphatic carbocycles. The first-order chi connectivity index (χ1) is 9.73. The number of benzene rings is 1. The van der Waals surface area contributed by atoms with Crippen LogP contribution in [0.15, 0.2) is 24.3 Å². The van der Waals surface area contributed by atoms with Crippen LogP contribution in [-0.4, -0.2) is 35.3 Å². The highest BCUT2D eigenvalue weighted by molar-refractivity contribution is 5.87. The number of nitro benzene ring substituents is 1. The van der Waals surface area contributed by atoms with Crippen molar-refractivity contribution in [1.29, 1.82) is 0 Å². The van der Waals surface area contributed by atoms with Gasteiger partial charge < -0.3 is 15.2 Å². The summed E-state index contributed by atoms with van der Waals surface area (Å²) in [6.07, 6.45) is 2.61. The summed E-state index contributed by atoms with van der Waals surface area (Å²) in [5.74, 6) is -0.540. The highest BCUT2D eigenvalue weighted by Crippen LogP contribution is 2.26. The van der Waals surface area contributed by atoms with E-state index >= 15 is 0 Å². The van der Waals surface area contributed by atoms with Crippen LogP contribution >= 0.6 is 0 Å². The van der Waals surface area contributed by atoms with Crippen molar-refractivity contribution in [2.24, 2.45) is 0 Å². The summed E-state index contributed by atoms with van der Waals surface area (Å²) in [6, 6.07) is 4.49. The van der Waals surface area contributed by atoms with Gasteiger partial charge in [-0.1, -0.05) is 6.07 Å². The molecule has 1 rings (SSSR count). The molecule has 0 amide bonds. The Morgan fingerprint density at radius 2 is 2.19 bits per heavy atom. The molecule has 0 saturated carbocycles. The Hall–Kier alpha value is -2.41. The maximum Gasteiger partial charge on any atom is 0.330 e. The van der Waals surface area contributed by atoms with E-state index < -0.39 is 16.5 Å². The molecule has 0 radical (unpaired) electrons. The van der Waals surface area contributed by atoms with E-state index in [-0.39, 0.29) is 12.2 Å². The van der Waals surface area contributed by atoms with Gasteiger partial charge in [0.2, 0.25) is 0 Å². The lowest BCUT2D eigenvalue weighted by molar-refractivity contribution is -0.384. The summed E-state index contributed by atoms with van der Waals surface area (Å²) in [5.41, 5.74) is -0.318. The second-order valence-electron chi connectivity index (χ2n) is 5.06. The van der Waals surface area contributed by atoms with Gasteiger partial charge in [0.1, 0.15) is 5.69 Å². The van der Waals surface area contributed by atoms with Gasteiger partial charge in [0, 0.05) is 18.7 Å². The van der Waals surface area contributed by atoms with Gasteiger partial charge in [-0.25, -0.2) is 4.79 Å². The second kappa shape index (κ2) is 6.85. The predicted molar refractivity (Wildman–Crippen MR) is 78.9 cm³/mol. The molecular formula is C14H18N2O5. The molecule has 7 heteroatoms. The monoisotopic (exact) mass is 294 g/mol. The van der Waals surface area contributed by atoms with Crippen LogP contribution in [0.4, 0.5) is 11.4 Å². The highest BCUT2D eigenvalue weighted by Gasteiger charge is 2.17. The van der Waals surface area contributed by atoms with Gasteiger partial charge >= 0.3 is 5.97 Å². The van der Waals surface area contributed by atoms with Crippen molar-refractivity contribution in [3.8, 4) is 0 Å². The SMILES string of the molecule is COC(=O)/C=C\c1ccc(NCC(C)(C)O)c([N+](=O)[O-])c1. The third-order valence-electron chi connectivity index (χ3n) is 2.54. The van der Waals surface area contributed by atoms with Gasteiger partial charge in [-0.15, -0.1) is 0 Å². The summed E-state index contributed by atoms with van der Waals surface area (Å²) >= 11 is 0. The molecule has 1 aromatic rings. The standard InChI is InChI=1S/C14H18N2O5/c1-14(2,18)9-15-11-6-4-10(5-7-13(17)21-3)8-12(11)16(19)20/h4-8,15,18H,9H2,1-3H3/b7-5-. The Labute approximate surface area is 122 Å². The van der Waals surface area contributed by atoms with E-state index in [1.165, 1.54) is 31.4 Å². The van der Waals surface area contributed by atoms with Crippen molar-refractivity contribution in [3.05, 3.63) is 40.0 Å². The van der Waals surface area contributed by atoms with Gasteiger partial charge in [-0.2, -0.15) is 0 Å². The number of ether oxygens (including phenoxy) is 1. The van der Waals surface area contributed by atoms with E-state index in [9.17, 15) is 20.0 Å². The highest BCUT2D eigenvalue weighted by atomic mass is 16.6. The summed E-state index contributed by atoms with van der Waals surface area (Å²) in [7, 11) is 1.25. The van der Waals surface area contributed by atoms with Gasteiger partial charge in [-0.3, -0.25) is 10.1 Å². The fourth-order valence-electron chi connectivity index (χ4n) is 1.50. The molecule has 7 nitrogen and oxygen atoms in total. The summed E-state index contributed by atoms with van der Waals surface area (Å²) in [4.78, 5) is 21.6. The van der Waals surface area contributed by atoms with Crippen LogP contribution in [0.25, 0.3) is 6.08 Å². The molecule has 0 aliphatic rings. The molecule has 1 aromatic carbocycles. The minimum atomic E-state index is -0.989. The third kappa shape index (κ3) is 5.62. The summed E-state index contributed by atoms with van der Waals surface area (Å²) in [6.45, 7) is 3.36. The van der Waals surface area contributed by atoms with Gasteiger partial charge in [0.15, 0.2) is 0 Å². The summed E-state index contributed by atoms with van der Waals surface area (Å²) in [5, 5.41) is 23.6. The van der Waals surface area contributed by atoms with Gasteiger partial charge in [-0.05, 0) is 31.6 Å². The van der Waals surface area contributed by atoms with Gasteiger partial charge in [0.05, 0.1) is 17.6 Å². The minimum absolute atomic E-state index is 0.133. The quantitative estimate of drug-likeness (QED) is 0.360. The van der Waals surface area contributed by atoms with E-state index in [1.54, 1.807) is 19.9 Å². The van der Waals surface area contributed by atoms with Crippen molar-refractivity contribution in [3.63, 3.8) is 0 Å². The molecule has 0 heterocycles. The number of nitrogens with one attached hydrogen (secondary N) is 1. The van der Waals surface area contributed by atoms with E-state index in [2.05, 4.69) is 10.1 Å². The van der Waals surface area contributed by atoms with Crippen LogP contribution in [0, 0.1) is 10.1 Å². The maximum absolute atomic E-state index is 11.1. The van der Waals surface area contributed by atoms with Crippen molar-refractivity contribution in [1.82, 2.24) is 0 Å². The van der Waals surface area contributed by atoms with Gasteiger partial charge in [0.25, 0.3) is 5.69 Å². The number of nitro groups is 1. The Bertz CT molecular complexity index is 561. The molecular weight excluding hydrogens is 276 g/mol. The Kier molecular flexibility index (Phi) is 5.43. The van der Waals surface area contributed by atoms with Crippen LogP contribution in [0.5, 0.6) is 0 Å². The molecule has 0 aliphatic heterocycles. The van der Waals surface area contributed by atoms with Crippen molar-refractivity contribution in [2.45, 2.75) is 19.4 Å². The number of hydrogen-bond acceptors (Lipinski definition) is 6. The first-order valence-electron chi connectivity index (χ1n) is 6.23. The first-order valence-corrected chi connectivity index (χ1v) is 6.23. The largest absolute Gasteiger partial charge is 0.466 e. The zero-order valence-electron chi connectivity index (χ0n) is 12.1. The van der Waals surface area contributed by atoms with Crippen LogP contribution in [0.1, 0.15) is 19.4 Å². The van der Waals surface area contributed by atoms with Crippen LogP contribution in [0.3, 0.4) is 0 Å². The normalized spacial score (nSPS) is 11.4. The van der Waals surface area contributed by atoms with E-state index in [1.807, 2.05) is 0 Å². The van der Waals surface area contributed by atoms with Crippen molar-refractivity contribution < 1.29 is 19.6 Å². The topological polar surface area (TPSA) is 102 Å². The molecule has 0 spiro atoms. The lowest BCUT2D eigenvalue weighted by atomic mass is 10.1. The van der Waals surface area contributed by atoms with Crippen molar-refractivity contribution in [2.75, 3.05) is 19.0 Å². The summed E-state index contributed by atoms with van der Waals surface area (Å²) < 4.78 is 4.45. The van der Waals surface area contributed by atoms with Crippen LogP contribution in [0.2, 0.25) is 0 Å². The van der Waals surface area contributed by atoms with E-state index in [0.717, 1.165) is 0 Å². The van der Waals surface area contributed by atoms with Crippen molar-refractivity contribution >= 4 is 23.4 Å². The fourth-order valence-corrected chi connectivity index (χ4v) is 1.50. The molecule has 21 heavy (non-hydrogen) atoms. The molecule has 2 N–H and O–H groups in total. The second-order valence-corrected chi connectivity index (χ2v) is 5.06. The Balaban J connectivity index is 2.99. The third-order valence-corrected chi connectivity index (χ3v) is 2.54. The number of methoxy groups -OCH3 is 1. The number of hydrogen-bond donors (Lipinski definition) is 2. The Morgan fingerprint density at radius 3 is 2.71 bits per heavy atom. The van der Waals surface area contributed by atoms with E-state index in [0.29, 0.717) is 11.3 Å². The molecule has 0 fully saturated rings. The Morgan fingerprint density at radius 1 is 1.52 bits per heavy atom. The predicted octanol–water partition coefficient (Wildman–Crippen LogP) is 1.96. The lowest BCUT2D eigenvalue weighted by Crippen LogP contribution is -2.29. The number of carbonyl (C=O) groups is 1. The number of anilines is 1. The lowest BCUT2D eigenvalue weighted by Gasteiger charge is -2.18. The molecule has 114 valence electrons. The average Bonchev–Trinajstić information content (AvgIpc) is 2.41. The number of rotatable bonds is 6. The number of carbonyl (C=O) groups excluding carboxylic acids is 1. The first kappa shape index (κ1) is 16.6. The average molecular weight is 294 g/mol. The van der Waals surface area contributed by atoms with Crippen LogP contribution < -0.4 is 5.32 Å². The molecule has 0 bridgehead atoms. The van der Waals surface area contributed by atoms with Crippen LogP contribution in [-0.2, 0) is 9.53 Å². The molecule has 0 unspecified atom stereocenters. The smallest absolute Gasteiger partial charge is 0.330 e. The number of aliphatic hydroxyl groups is 1.